The lowest BCUT2D eigenvalue weighted by Gasteiger charge is -2.27. The summed E-state index contributed by atoms with van der Waals surface area (Å²) >= 11 is 0.857. The van der Waals surface area contributed by atoms with Crippen LogP contribution in [0.2, 0.25) is 0 Å². The van der Waals surface area contributed by atoms with Crippen LogP contribution < -0.4 is 10.1 Å². The Labute approximate surface area is 158 Å². The molecular formula is C20H18BNO3S. The number of ether oxygens (including phenoxy) is 1. The van der Waals surface area contributed by atoms with E-state index in [1.54, 1.807) is 0 Å². The number of hydrogen-bond donors (Lipinski definition) is 1. The number of aryl methyl sites for hydroxylation is 1. The van der Waals surface area contributed by atoms with Gasteiger partial charge in [0, 0.05) is 6.42 Å². The molecule has 0 aliphatic carbocycles. The number of hydrogen-bond acceptors (Lipinski definition) is 4. The highest BCUT2D eigenvalue weighted by Crippen LogP contribution is 2.35. The summed E-state index contributed by atoms with van der Waals surface area (Å²) in [4.78, 5) is 23.3. The van der Waals surface area contributed by atoms with E-state index in [1.807, 2.05) is 36.4 Å². The number of rotatable bonds is 4. The standard InChI is InChI=1S/C20H18BNO3S/c21-20(18(23)22-19(24)26-20)12-14-6-9-17-15(10-14)7-8-16(25-17)11-13-4-2-1-3-5-13/h1-6,9-10,16H,7-8,11-12H2,(H,22,23,24)/t16-,20-/m1/s1. The monoisotopic (exact) mass is 363 g/mol. The van der Waals surface area contributed by atoms with E-state index in [1.165, 1.54) is 5.56 Å². The highest BCUT2D eigenvalue weighted by molar-refractivity contribution is 8.17. The summed E-state index contributed by atoms with van der Waals surface area (Å²) in [5.74, 6) is 0.469. The van der Waals surface area contributed by atoms with Gasteiger partial charge >= 0.3 is 0 Å². The molecule has 2 radical (unpaired) electrons. The van der Waals surface area contributed by atoms with E-state index >= 15 is 0 Å². The third kappa shape index (κ3) is 3.51. The zero-order valence-electron chi connectivity index (χ0n) is 14.2. The molecule has 1 saturated heterocycles. The molecule has 2 heterocycles. The van der Waals surface area contributed by atoms with Crippen molar-refractivity contribution in [2.45, 2.75) is 36.4 Å². The van der Waals surface area contributed by atoms with Crippen LogP contribution in [0.15, 0.2) is 48.5 Å². The van der Waals surface area contributed by atoms with Crippen molar-refractivity contribution in [2.24, 2.45) is 0 Å². The van der Waals surface area contributed by atoms with Crippen molar-refractivity contribution < 1.29 is 14.3 Å². The van der Waals surface area contributed by atoms with Gasteiger partial charge < -0.3 is 4.74 Å². The molecule has 2 amide bonds. The highest BCUT2D eigenvalue weighted by atomic mass is 32.2. The molecule has 2 aromatic carbocycles. The minimum absolute atomic E-state index is 0.172. The van der Waals surface area contributed by atoms with E-state index in [9.17, 15) is 9.59 Å². The maximum Gasteiger partial charge on any atom is 0.285 e. The third-order valence-electron chi connectivity index (χ3n) is 4.80. The van der Waals surface area contributed by atoms with Gasteiger partial charge in [-0.2, -0.15) is 0 Å². The molecule has 6 heteroatoms. The number of carbonyl (C=O) groups is 2. The zero-order valence-corrected chi connectivity index (χ0v) is 15.1. The number of carbonyl (C=O) groups excluding carboxylic acids is 2. The molecule has 4 rings (SSSR count). The van der Waals surface area contributed by atoms with Crippen molar-refractivity contribution in [1.82, 2.24) is 5.32 Å². The van der Waals surface area contributed by atoms with E-state index < -0.39 is 10.6 Å². The predicted octanol–water partition coefficient (Wildman–Crippen LogP) is 3.01. The number of imide groups is 1. The van der Waals surface area contributed by atoms with Crippen LogP contribution in [0.25, 0.3) is 0 Å². The molecule has 1 fully saturated rings. The molecule has 0 saturated carbocycles. The Morgan fingerprint density at radius 1 is 1.15 bits per heavy atom. The number of benzene rings is 2. The summed E-state index contributed by atoms with van der Waals surface area (Å²) in [5, 5.41) is 1.87. The fourth-order valence-corrected chi connectivity index (χ4v) is 4.34. The minimum Gasteiger partial charge on any atom is -0.490 e. The van der Waals surface area contributed by atoms with Crippen LogP contribution in [0.4, 0.5) is 4.79 Å². The van der Waals surface area contributed by atoms with Crippen LogP contribution in [0.5, 0.6) is 5.75 Å². The first-order valence-electron chi connectivity index (χ1n) is 8.67. The summed E-state index contributed by atoms with van der Waals surface area (Å²) < 4.78 is 4.93. The molecule has 0 unspecified atom stereocenters. The molecule has 26 heavy (non-hydrogen) atoms. The van der Waals surface area contributed by atoms with Gasteiger partial charge in [-0.3, -0.25) is 14.9 Å². The van der Waals surface area contributed by atoms with Gasteiger partial charge in [0.15, 0.2) is 0 Å². The van der Waals surface area contributed by atoms with E-state index in [-0.39, 0.29) is 11.3 Å². The van der Waals surface area contributed by atoms with Crippen molar-refractivity contribution >= 4 is 30.8 Å². The Hall–Kier alpha value is -2.21. The van der Waals surface area contributed by atoms with Gasteiger partial charge in [0.2, 0.25) is 5.91 Å². The molecule has 0 spiro atoms. The lowest BCUT2D eigenvalue weighted by Crippen LogP contribution is -2.39. The molecule has 0 bridgehead atoms. The molecule has 0 aromatic heterocycles. The second-order valence-electron chi connectivity index (χ2n) is 6.82. The van der Waals surface area contributed by atoms with Crippen molar-refractivity contribution in [2.75, 3.05) is 0 Å². The van der Waals surface area contributed by atoms with Gasteiger partial charge in [-0.1, -0.05) is 54.2 Å². The smallest absolute Gasteiger partial charge is 0.285 e. The number of fused-ring (bicyclic) bond motifs is 1. The molecule has 4 nitrogen and oxygen atoms in total. The minimum atomic E-state index is -1.23. The fourth-order valence-electron chi connectivity index (χ4n) is 3.48. The Kier molecular flexibility index (Phi) is 4.53. The van der Waals surface area contributed by atoms with E-state index in [4.69, 9.17) is 12.6 Å². The summed E-state index contributed by atoms with van der Waals surface area (Å²) in [5.41, 5.74) is 3.34. The number of nitrogens with one attached hydrogen (secondary N) is 1. The topological polar surface area (TPSA) is 55.4 Å². The van der Waals surface area contributed by atoms with Crippen LogP contribution in [-0.2, 0) is 24.1 Å². The van der Waals surface area contributed by atoms with Gasteiger partial charge in [0.05, 0.1) is 4.65 Å². The van der Waals surface area contributed by atoms with E-state index in [0.29, 0.717) is 6.42 Å². The second-order valence-corrected chi connectivity index (χ2v) is 8.12. The normalized spacial score (nSPS) is 24.7. The van der Waals surface area contributed by atoms with Crippen molar-refractivity contribution in [3.63, 3.8) is 0 Å². The quantitative estimate of drug-likeness (QED) is 0.849. The average molecular weight is 363 g/mol. The van der Waals surface area contributed by atoms with Gasteiger partial charge in [0.25, 0.3) is 5.24 Å². The lowest BCUT2D eigenvalue weighted by molar-refractivity contribution is -0.119. The molecule has 130 valence electrons. The van der Waals surface area contributed by atoms with Crippen LogP contribution in [0.1, 0.15) is 23.1 Å². The summed E-state index contributed by atoms with van der Waals surface area (Å²) in [6, 6.07) is 16.3. The zero-order chi connectivity index (χ0) is 18.1. The Balaban J connectivity index is 1.46. The highest BCUT2D eigenvalue weighted by Gasteiger charge is 2.43. The van der Waals surface area contributed by atoms with Crippen molar-refractivity contribution in [1.29, 1.82) is 0 Å². The van der Waals surface area contributed by atoms with Crippen LogP contribution in [0.3, 0.4) is 0 Å². The fraction of sp³-hybridized carbons (Fsp3) is 0.300. The first-order valence-corrected chi connectivity index (χ1v) is 9.49. The van der Waals surface area contributed by atoms with E-state index in [2.05, 4.69) is 17.4 Å². The first kappa shape index (κ1) is 17.2. The van der Waals surface area contributed by atoms with Gasteiger partial charge in [0.1, 0.15) is 19.7 Å². The molecular weight excluding hydrogens is 345 g/mol. The molecule has 2 aliphatic rings. The Morgan fingerprint density at radius 2 is 1.96 bits per heavy atom. The largest absolute Gasteiger partial charge is 0.490 e. The Bertz CT molecular complexity index is 857. The van der Waals surface area contributed by atoms with Gasteiger partial charge in [-0.25, -0.2) is 0 Å². The summed E-state index contributed by atoms with van der Waals surface area (Å²) in [6.07, 6.45) is 3.26. The van der Waals surface area contributed by atoms with E-state index in [0.717, 1.165) is 47.9 Å². The van der Waals surface area contributed by atoms with Gasteiger partial charge in [-0.15, -0.1) is 0 Å². The van der Waals surface area contributed by atoms with Crippen molar-refractivity contribution in [3.05, 3.63) is 65.2 Å². The van der Waals surface area contributed by atoms with Crippen LogP contribution in [-0.4, -0.2) is 29.7 Å². The molecule has 2 aromatic rings. The molecule has 1 N–H and O–H groups in total. The molecule has 2 atom stereocenters. The lowest BCUT2D eigenvalue weighted by atomic mass is 9.79. The maximum atomic E-state index is 11.9. The van der Waals surface area contributed by atoms with Crippen molar-refractivity contribution in [3.8, 4) is 5.75 Å². The Morgan fingerprint density at radius 3 is 2.69 bits per heavy atom. The number of amides is 2. The van der Waals surface area contributed by atoms with Crippen LogP contribution >= 0.6 is 11.8 Å². The number of thioether (sulfide) groups is 1. The summed E-state index contributed by atoms with van der Waals surface area (Å²) in [6.45, 7) is 0. The maximum absolute atomic E-state index is 11.9. The van der Waals surface area contributed by atoms with Gasteiger partial charge in [-0.05, 0) is 42.0 Å². The predicted molar refractivity (Wildman–Crippen MR) is 103 cm³/mol. The first-order chi connectivity index (χ1) is 12.5. The summed E-state index contributed by atoms with van der Waals surface area (Å²) in [7, 11) is 6.11. The van der Waals surface area contributed by atoms with Crippen LogP contribution in [0, 0.1) is 0 Å². The molecule has 2 aliphatic heterocycles. The average Bonchev–Trinajstić information content (AvgIpc) is 2.87. The SMILES string of the molecule is [B][C@]1(Cc2ccc3c(c2)CC[C@H](Cc2ccccc2)O3)SC(=O)NC1=O. The third-order valence-corrected chi connectivity index (χ3v) is 5.78. The second kappa shape index (κ2) is 6.84.